The first kappa shape index (κ1) is 18.7. The van der Waals surface area contributed by atoms with Crippen molar-refractivity contribution in [3.63, 3.8) is 0 Å². The lowest BCUT2D eigenvalue weighted by molar-refractivity contribution is -0.897. The van der Waals surface area contributed by atoms with Crippen LogP contribution >= 0.6 is 11.8 Å². The fraction of sp³-hybridized carbons (Fsp3) is 0.529. The molecule has 132 valence electrons. The number of primary amides is 1. The summed E-state index contributed by atoms with van der Waals surface area (Å²) in [6.07, 6.45) is 1.52. The number of carbonyl (C=O) groups excluding carboxylic acids is 2. The number of piperidine rings is 1. The zero-order valence-electron chi connectivity index (χ0n) is 13.7. The van der Waals surface area contributed by atoms with Crippen molar-refractivity contribution in [1.82, 2.24) is 5.32 Å². The number of hydrogen-bond acceptors (Lipinski definition) is 3. The number of benzene rings is 1. The number of amides is 2. The molecule has 2 rings (SSSR count). The van der Waals surface area contributed by atoms with E-state index in [9.17, 15) is 14.0 Å². The van der Waals surface area contributed by atoms with Gasteiger partial charge in [0, 0.05) is 36.8 Å². The minimum atomic E-state index is -0.231. The van der Waals surface area contributed by atoms with Gasteiger partial charge in [-0.2, -0.15) is 11.8 Å². The van der Waals surface area contributed by atoms with E-state index in [1.54, 1.807) is 23.9 Å². The third-order valence-corrected chi connectivity index (χ3v) is 5.30. The van der Waals surface area contributed by atoms with E-state index >= 15 is 0 Å². The van der Waals surface area contributed by atoms with E-state index in [1.165, 1.54) is 11.0 Å². The highest BCUT2D eigenvalue weighted by atomic mass is 32.2. The van der Waals surface area contributed by atoms with Crippen LogP contribution < -0.4 is 16.0 Å². The summed E-state index contributed by atoms with van der Waals surface area (Å²) in [5.41, 5.74) is 6.00. The molecule has 2 amide bonds. The van der Waals surface area contributed by atoms with Crippen molar-refractivity contribution in [3.05, 3.63) is 35.6 Å². The van der Waals surface area contributed by atoms with Gasteiger partial charge in [0.25, 0.3) is 5.91 Å². The number of carbonyl (C=O) groups is 2. The SMILES string of the molecule is NC(=O)C1CC[NH+](CC(=O)NCCSCc2ccccc2F)CC1. The molecule has 1 aromatic carbocycles. The van der Waals surface area contributed by atoms with Gasteiger partial charge in [-0.15, -0.1) is 0 Å². The Labute approximate surface area is 146 Å². The van der Waals surface area contributed by atoms with E-state index in [0.29, 0.717) is 24.4 Å². The maximum Gasteiger partial charge on any atom is 0.275 e. The summed E-state index contributed by atoms with van der Waals surface area (Å²) < 4.78 is 13.5. The second kappa shape index (κ2) is 9.64. The molecule has 0 bridgehead atoms. The maximum absolute atomic E-state index is 13.5. The topological polar surface area (TPSA) is 76.6 Å². The third kappa shape index (κ3) is 6.13. The molecule has 24 heavy (non-hydrogen) atoms. The van der Waals surface area contributed by atoms with Crippen LogP contribution in [0.15, 0.2) is 24.3 Å². The fourth-order valence-corrected chi connectivity index (χ4v) is 3.68. The van der Waals surface area contributed by atoms with Crippen LogP contribution in [0, 0.1) is 11.7 Å². The molecule has 0 spiro atoms. The second-order valence-corrected chi connectivity index (χ2v) is 7.20. The Bertz CT molecular complexity index is 563. The van der Waals surface area contributed by atoms with E-state index in [1.807, 2.05) is 6.07 Å². The van der Waals surface area contributed by atoms with Gasteiger partial charge in [-0.1, -0.05) is 18.2 Å². The first-order valence-corrected chi connectivity index (χ1v) is 9.42. The normalized spacial score (nSPS) is 20.5. The van der Waals surface area contributed by atoms with Gasteiger partial charge in [0.1, 0.15) is 5.82 Å². The Morgan fingerprint density at radius 2 is 2.00 bits per heavy atom. The van der Waals surface area contributed by atoms with E-state index < -0.39 is 0 Å². The molecule has 0 atom stereocenters. The Balaban J connectivity index is 1.56. The Morgan fingerprint density at radius 3 is 2.67 bits per heavy atom. The molecule has 1 saturated heterocycles. The summed E-state index contributed by atoms with van der Waals surface area (Å²) in [6.45, 7) is 2.63. The number of rotatable bonds is 8. The second-order valence-electron chi connectivity index (χ2n) is 6.10. The first-order valence-electron chi connectivity index (χ1n) is 8.27. The largest absolute Gasteiger partial charge is 0.369 e. The molecule has 0 radical (unpaired) electrons. The summed E-state index contributed by atoms with van der Waals surface area (Å²) in [7, 11) is 0. The van der Waals surface area contributed by atoms with Gasteiger partial charge in [-0.25, -0.2) is 4.39 Å². The van der Waals surface area contributed by atoms with Crippen molar-refractivity contribution in [2.75, 3.05) is 31.9 Å². The van der Waals surface area contributed by atoms with Crippen LogP contribution in [0.3, 0.4) is 0 Å². The van der Waals surface area contributed by atoms with E-state index in [4.69, 9.17) is 5.73 Å². The molecule has 1 aliphatic heterocycles. The molecule has 7 heteroatoms. The van der Waals surface area contributed by atoms with E-state index in [-0.39, 0.29) is 23.5 Å². The van der Waals surface area contributed by atoms with Gasteiger partial charge in [0.2, 0.25) is 5.91 Å². The van der Waals surface area contributed by atoms with Crippen LogP contribution in [0.1, 0.15) is 18.4 Å². The summed E-state index contributed by atoms with van der Waals surface area (Å²) in [5.74, 6) is 0.927. The molecule has 1 aliphatic rings. The maximum atomic E-state index is 13.5. The molecule has 4 N–H and O–H groups in total. The molecule has 1 heterocycles. The van der Waals surface area contributed by atoms with Crippen molar-refractivity contribution in [2.24, 2.45) is 11.7 Å². The Hall–Kier alpha value is -1.60. The van der Waals surface area contributed by atoms with Crippen LogP contribution in [-0.2, 0) is 15.3 Å². The Kier molecular flexibility index (Phi) is 7.52. The minimum absolute atomic E-state index is 0.0222. The van der Waals surface area contributed by atoms with Gasteiger partial charge >= 0.3 is 0 Å². The molecule has 0 saturated carbocycles. The van der Waals surface area contributed by atoms with E-state index in [0.717, 1.165) is 31.7 Å². The highest BCUT2D eigenvalue weighted by Crippen LogP contribution is 2.14. The average Bonchev–Trinajstić information content (AvgIpc) is 2.56. The standard InChI is InChI=1S/C17H24FN3O2S/c18-15-4-2-1-3-14(15)12-24-10-7-20-16(22)11-21-8-5-13(6-9-21)17(19)23/h1-4,13H,5-12H2,(H2,19,23)(H,20,22)/p+1. The minimum Gasteiger partial charge on any atom is -0.369 e. The monoisotopic (exact) mass is 354 g/mol. The van der Waals surface area contributed by atoms with Crippen LogP contribution in [-0.4, -0.2) is 43.7 Å². The molecular formula is C17H25FN3O2S+. The van der Waals surface area contributed by atoms with Gasteiger partial charge in [0.15, 0.2) is 6.54 Å². The number of quaternary nitrogens is 1. The Morgan fingerprint density at radius 1 is 1.29 bits per heavy atom. The molecule has 0 aromatic heterocycles. The summed E-state index contributed by atoms with van der Waals surface area (Å²) >= 11 is 1.60. The number of nitrogens with two attached hydrogens (primary N) is 1. The highest BCUT2D eigenvalue weighted by molar-refractivity contribution is 7.98. The van der Waals surface area contributed by atoms with Crippen LogP contribution in [0.2, 0.25) is 0 Å². The lowest BCUT2D eigenvalue weighted by Gasteiger charge is -2.27. The molecule has 1 fully saturated rings. The van der Waals surface area contributed by atoms with Crippen molar-refractivity contribution in [1.29, 1.82) is 0 Å². The molecule has 5 nitrogen and oxygen atoms in total. The van der Waals surface area contributed by atoms with Gasteiger partial charge < -0.3 is 16.0 Å². The lowest BCUT2D eigenvalue weighted by atomic mass is 9.96. The van der Waals surface area contributed by atoms with Gasteiger partial charge in [-0.05, 0) is 11.6 Å². The third-order valence-electron chi connectivity index (χ3n) is 4.29. The van der Waals surface area contributed by atoms with E-state index in [2.05, 4.69) is 5.32 Å². The van der Waals surface area contributed by atoms with Crippen LogP contribution in [0.4, 0.5) is 4.39 Å². The zero-order chi connectivity index (χ0) is 17.4. The van der Waals surface area contributed by atoms with Crippen molar-refractivity contribution >= 4 is 23.6 Å². The average molecular weight is 354 g/mol. The van der Waals surface area contributed by atoms with Crippen LogP contribution in [0.5, 0.6) is 0 Å². The van der Waals surface area contributed by atoms with Crippen molar-refractivity contribution < 1.29 is 18.9 Å². The molecule has 1 aromatic rings. The molecule has 0 unspecified atom stereocenters. The predicted molar refractivity (Wildman–Crippen MR) is 93.1 cm³/mol. The summed E-state index contributed by atoms with van der Waals surface area (Å²) in [6, 6.07) is 6.74. The van der Waals surface area contributed by atoms with Gasteiger partial charge in [-0.3, -0.25) is 9.59 Å². The fourth-order valence-electron chi connectivity index (χ4n) is 2.84. The number of likely N-dealkylation sites (tertiary alicyclic amines) is 1. The van der Waals surface area contributed by atoms with Crippen molar-refractivity contribution in [3.8, 4) is 0 Å². The van der Waals surface area contributed by atoms with Crippen molar-refractivity contribution in [2.45, 2.75) is 18.6 Å². The number of thioether (sulfide) groups is 1. The number of halogens is 1. The summed E-state index contributed by atoms with van der Waals surface area (Å²) in [5, 5.41) is 2.90. The van der Waals surface area contributed by atoms with Crippen LogP contribution in [0.25, 0.3) is 0 Å². The smallest absolute Gasteiger partial charge is 0.275 e. The highest BCUT2D eigenvalue weighted by Gasteiger charge is 2.26. The number of nitrogens with one attached hydrogen (secondary N) is 2. The predicted octanol–water partition coefficient (Wildman–Crippen LogP) is -0.0447. The zero-order valence-corrected chi connectivity index (χ0v) is 14.5. The summed E-state index contributed by atoms with van der Waals surface area (Å²) in [4.78, 5) is 24.2. The number of hydrogen-bond donors (Lipinski definition) is 3. The quantitative estimate of drug-likeness (QED) is 0.573. The molecular weight excluding hydrogens is 329 g/mol. The first-order chi connectivity index (χ1) is 11.6. The van der Waals surface area contributed by atoms with Gasteiger partial charge in [0.05, 0.1) is 13.1 Å². The lowest BCUT2D eigenvalue weighted by Crippen LogP contribution is -3.14. The molecule has 0 aliphatic carbocycles.